The molecule has 0 atom stereocenters. The predicted octanol–water partition coefficient (Wildman–Crippen LogP) is 9.31. The Morgan fingerprint density at radius 1 is 0.828 bits per heavy atom. The second-order valence-corrected chi connectivity index (χ2v) is 15.5. The van der Waals surface area contributed by atoms with Crippen molar-refractivity contribution in [3.05, 3.63) is 48.2 Å². The third-order valence-corrected chi connectivity index (χ3v) is 9.42. The molecule has 3 heteroatoms. The molecule has 1 rings (SSSR count). The fourth-order valence-electron chi connectivity index (χ4n) is 3.71. The molecule has 0 bridgehead atoms. The van der Waals surface area contributed by atoms with Gasteiger partial charge < -0.3 is 0 Å². The van der Waals surface area contributed by atoms with Crippen molar-refractivity contribution in [1.29, 1.82) is 0 Å². The van der Waals surface area contributed by atoms with Gasteiger partial charge in [-0.1, -0.05) is 98.8 Å². The number of rotatable bonds is 5. The standard InChI is InChI=1S/C20H38NP.C6H10.Ti/c1-18(2,3)14-22(15-19(4,5)6,16-20(7,8)9)21-17-12-10-11-13-17;1-5(2)6(3)4;/h10-12H,13-16H2,1-9H3;1,3H2,2,4H3;. The number of hydrogen-bond donors (Lipinski definition) is 0. The molecule has 0 fully saturated rings. The topological polar surface area (TPSA) is 12.4 Å². The van der Waals surface area contributed by atoms with Crippen molar-refractivity contribution in [2.45, 2.75) is 82.6 Å². The van der Waals surface area contributed by atoms with E-state index in [1.54, 1.807) is 0 Å². The van der Waals surface area contributed by atoms with Gasteiger partial charge in [0.05, 0.1) is 0 Å². The predicted molar refractivity (Wildman–Crippen MR) is 134 cm³/mol. The summed E-state index contributed by atoms with van der Waals surface area (Å²) in [6.07, 6.45) is 11.4. The van der Waals surface area contributed by atoms with E-state index in [9.17, 15) is 0 Å². The first-order valence-corrected chi connectivity index (χ1v) is 12.9. The SMILES string of the molecule is C=C(C)C(=C)C.CC(C)(C)CP(CC(C)(C)C)(CC(C)(C)C)=NC1=CC=CC1.[Ti]. The van der Waals surface area contributed by atoms with Crippen LogP contribution in [0.15, 0.2) is 53.0 Å². The molecule has 0 spiro atoms. The van der Waals surface area contributed by atoms with Gasteiger partial charge in [0.1, 0.15) is 0 Å². The first-order chi connectivity index (χ1) is 12.3. The quantitative estimate of drug-likeness (QED) is 0.223. The van der Waals surface area contributed by atoms with Gasteiger partial charge in [-0.15, -0.1) is 0 Å². The molecule has 0 aromatic carbocycles. The molecular weight excluding hydrogens is 405 g/mol. The van der Waals surface area contributed by atoms with Gasteiger partial charge in [0.25, 0.3) is 0 Å². The van der Waals surface area contributed by atoms with E-state index >= 15 is 0 Å². The van der Waals surface area contributed by atoms with E-state index < -0.39 is 7.05 Å². The summed E-state index contributed by atoms with van der Waals surface area (Å²) in [6.45, 7) is 32.6. The molecule has 0 amide bonds. The molecule has 0 N–H and O–H groups in total. The Kier molecular flexibility index (Phi) is 12.9. The first kappa shape index (κ1) is 31.1. The summed E-state index contributed by atoms with van der Waals surface area (Å²) >= 11 is 0. The largest absolute Gasteiger partial charge is 0.272 e. The maximum absolute atomic E-state index is 5.47. The average molecular weight is 454 g/mol. The fourth-order valence-corrected chi connectivity index (χ4v) is 10.2. The van der Waals surface area contributed by atoms with Gasteiger partial charge >= 0.3 is 0 Å². The normalized spacial score (nSPS) is 14.4. The van der Waals surface area contributed by atoms with Crippen LogP contribution >= 0.6 is 7.05 Å². The monoisotopic (exact) mass is 453 g/mol. The van der Waals surface area contributed by atoms with Gasteiger partial charge in [-0.3, -0.25) is 4.74 Å². The van der Waals surface area contributed by atoms with E-state index in [4.69, 9.17) is 4.74 Å². The second kappa shape index (κ2) is 12.1. The summed E-state index contributed by atoms with van der Waals surface area (Å²) in [5, 5.41) is 0. The Morgan fingerprint density at radius 3 is 1.38 bits per heavy atom. The molecule has 0 heterocycles. The summed E-state index contributed by atoms with van der Waals surface area (Å²) < 4.78 is 5.47. The third-order valence-electron chi connectivity index (χ3n) is 4.13. The Bertz CT molecular complexity index is 599. The summed E-state index contributed by atoms with van der Waals surface area (Å²) in [6, 6.07) is 0. The summed E-state index contributed by atoms with van der Waals surface area (Å²) in [7, 11) is -1.39. The minimum Gasteiger partial charge on any atom is -0.272 e. The number of allylic oxidation sites excluding steroid dienone is 5. The van der Waals surface area contributed by atoms with Crippen molar-refractivity contribution in [1.82, 2.24) is 0 Å². The molecule has 0 saturated carbocycles. The summed E-state index contributed by atoms with van der Waals surface area (Å²) in [4.78, 5) is 0. The molecular formula is C26H48NPTi. The minimum absolute atomic E-state index is 0. The maximum atomic E-state index is 5.47. The van der Waals surface area contributed by atoms with Crippen LogP contribution in [0.1, 0.15) is 82.6 Å². The van der Waals surface area contributed by atoms with Gasteiger partial charge in [-0.2, -0.15) is 0 Å². The Labute approximate surface area is 198 Å². The van der Waals surface area contributed by atoms with Crippen molar-refractivity contribution in [3.63, 3.8) is 0 Å². The van der Waals surface area contributed by atoms with E-state index in [0.717, 1.165) is 17.6 Å². The van der Waals surface area contributed by atoms with Crippen molar-refractivity contribution < 1.29 is 21.7 Å². The molecule has 166 valence electrons. The molecule has 0 aliphatic heterocycles. The van der Waals surface area contributed by atoms with E-state index in [-0.39, 0.29) is 21.7 Å². The van der Waals surface area contributed by atoms with Crippen LogP contribution in [-0.4, -0.2) is 18.5 Å². The van der Waals surface area contributed by atoms with Gasteiger partial charge in [0.2, 0.25) is 0 Å². The van der Waals surface area contributed by atoms with Crippen LogP contribution in [0.25, 0.3) is 0 Å². The van der Waals surface area contributed by atoms with Gasteiger partial charge in [0.15, 0.2) is 0 Å². The molecule has 0 radical (unpaired) electrons. The van der Waals surface area contributed by atoms with Gasteiger partial charge in [0, 0.05) is 33.8 Å². The van der Waals surface area contributed by atoms with E-state index in [0.29, 0.717) is 16.2 Å². The summed E-state index contributed by atoms with van der Waals surface area (Å²) in [5.41, 5.74) is 4.44. The first-order valence-electron chi connectivity index (χ1n) is 10.6. The van der Waals surface area contributed by atoms with Gasteiger partial charge in [-0.05, 0) is 61.7 Å². The molecule has 0 saturated heterocycles. The minimum atomic E-state index is -1.39. The Hall–Kier alpha value is -0.0957. The Balaban J connectivity index is 0. The fraction of sp³-hybridized carbons (Fsp3) is 0.692. The maximum Gasteiger partial charge on any atom is 0.0425 e. The number of hydrogen-bond acceptors (Lipinski definition) is 1. The summed E-state index contributed by atoms with van der Waals surface area (Å²) in [5.74, 6) is 0. The zero-order valence-corrected chi connectivity index (χ0v) is 23.8. The van der Waals surface area contributed by atoms with Crippen LogP contribution in [0, 0.1) is 16.2 Å². The van der Waals surface area contributed by atoms with E-state index in [1.165, 1.54) is 24.2 Å². The molecule has 29 heavy (non-hydrogen) atoms. The van der Waals surface area contributed by atoms with E-state index in [2.05, 4.69) is 93.7 Å². The van der Waals surface area contributed by atoms with Crippen molar-refractivity contribution in [2.24, 2.45) is 21.0 Å². The zero-order chi connectivity index (χ0) is 22.4. The van der Waals surface area contributed by atoms with Crippen LogP contribution in [0.2, 0.25) is 0 Å². The van der Waals surface area contributed by atoms with Crippen LogP contribution in [-0.2, 0) is 21.7 Å². The zero-order valence-electron chi connectivity index (χ0n) is 21.4. The molecule has 0 unspecified atom stereocenters. The molecule has 1 nitrogen and oxygen atoms in total. The number of nitrogens with zero attached hydrogens (tertiary/aromatic N) is 1. The van der Waals surface area contributed by atoms with Crippen LogP contribution in [0.4, 0.5) is 0 Å². The van der Waals surface area contributed by atoms with Crippen molar-refractivity contribution in [3.8, 4) is 0 Å². The molecule has 0 aromatic heterocycles. The molecule has 1 aliphatic carbocycles. The second-order valence-electron chi connectivity index (χ2n) is 12.2. The van der Waals surface area contributed by atoms with Gasteiger partial charge in [-0.25, -0.2) is 0 Å². The van der Waals surface area contributed by atoms with Crippen LogP contribution < -0.4 is 0 Å². The molecule has 0 aromatic rings. The third kappa shape index (κ3) is 16.3. The average Bonchev–Trinajstić information content (AvgIpc) is 2.84. The van der Waals surface area contributed by atoms with Crippen LogP contribution in [0.5, 0.6) is 0 Å². The smallest absolute Gasteiger partial charge is 0.0425 e. The van der Waals surface area contributed by atoms with Crippen molar-refractivity contribution >= 4 is 7.05 Å². The van der Waals surface area contributed by atoms with Crippen LogP contribution in [0.3, 0.4) is 0 Å². The van der Waals surface area contributed by atoms with Crippen molar-refractivity contribution in [2.75, 3.05) is 18.5 Å². The Morgan fingerprint density at radius 2 is 1.17 bits per heavy atom. The molecule has 1 aliphatic rings. The van der Waals surface area contributed by atoms with E-state index in [1.807, 2.05) is 13.8 Å².